The lowest BCUT2D eigenvalue weighted by Crippen LogP contribution is -2.01. The van der Waals surface area contributed by atoms with Gasteiger partial charge in [0.05, 0.1) is 11.4 Å². The number of aromatic nitrogens is 4. The van der Waals surface area contributed by atoms with Gasteiger partial charge in [-0.1, -0.05) is 97.1 Å². The minimum absolute atomic E-state index is 0.0435. The summed E-state index contributed by atoms with van der Waals surface area (Å²) in [4.78, 5) is 13.3. The van der Waals surface area contributed by atoms with Crippen LogP contribution in [-0.4, -0.2) is 25.8 Å². The summed E-state index contributed by atoms with van der Waals surface area (Å²) >= 11 is 0. The molecule has 0 fully saturated rings. The van der Waals surface area contributed by atoms with E-state index in [1.54, 1.807) is 0 Å². The predicted molar refractivity (Wildman–Crippen MR) is 152 cm³/mol. The molecule has 0 saturated heterocycles. The molecule has 0 unspecified atom stereocenters. The molecule has 6 rings (SSSR count). The Labute approximate surface area is 225 Å². The van der Waals surface area contributed by atoms with Gasteiger partial charge in [0.15, 0.2) is 5.78 Å². The summed E-state index contributed by atoms with van der Waals surface area (Å²) in [6.07, 6.45) is 3.97. The van der Waals surface area contributed by atoms with E-state index >= 15 is 0 Å². The zero-order chi connectivity index (χ0) is 26.4. The zero-order valence-corrected chi connectivity index (χ0v) is 21.0. The van der Waals surface area contributed by atoms with Gasteiger partial charge in [0, 0.05) is 40.4 Å². The van der Waals surface area contributed by atoms with E-state index in [0.29, 0.717) is 22.9 Å². The van der Waals surface area contributed by atoms with Crippen LogP contribution in [0.15, 0.2) is 132 Å². The summed E-state index contributed by atoms with van der Waals surface area (Å²) in [5.74, 6) is 0.648. The van der Waals surface area contributed by atoms with Crippen molar-refractivity contribution in [1.29, 1.82) is 0 Å². The van der Waals surface area contributed by atoms with E-state index in [9.17, 15) is 4.79 Å². The van der Waals surface area contributed by atoms with Crippen molar-refractivity contribution in [2.45, 2.75) is 6.42 Å². The number of hydrogen-bond donors (Lipinski definition) is 0. The number of benzene rings is 4. The van der Waals surface area contributed by atoms with Crippen LogP contribution in [0.3, 0.4) is 0 Å². The molecule has 0 amide bonds. The average Bonchev–Trinajstić information content (AvgIpc) is 3.67. The van der Waals surface area contributed by atoms with Crippen molar-refractivity contribution in [1.82, 2.24) is 20.0 Å². The van der Waals surface area contributed by atoms with Crippen LogP contribution >= 0.6 is 0 Å². The smallest absolute Gasteiger partial charge is 0.248 e. The molecule has 0 saturated carbocycles. The summed E-state index contributed by atoms with van der Waals surface area (Å²) in [6.45, 7) is 0. The lowest BCUT2D eigenvalue weighted by Gasteiger charge is -2.05. The Bertz CT molecular complexity index is 1720. The van der Waals surface area contributed by atoms with Gasteiger partial charge in [-0.3, -0.25) is 4.79 Å². The van der Waals surface area contributed by atoms with Crippen LogP contribution < -0.4 is 0 Å². The van der Waals surface area contributed by atoms with Gasteiger partial charge in [-0.25, -0.2) is 4.68 Å². The van der Waals surface area contributed by atoms with E-state index in [4.69, 9.17) is 9.52 Å². The summed E-state index contributed by atoms with van der Waals surface area (Å²) in [6, 6.07) is 38.7. The van der Waals surface area contributed by atoms with Crippen LogP contribution in [0.25, 0.3) is 40.0 Å². The second-order valence-electron chi connectivity index (χ2n) is 8.99. The minimum Gasteiger partial charge on any atom is -0.416 e. The van der Waals surface area contributed by atoms with E-state index in [0.717, 1.165) is 28.1 Å². The number of ketones is 1. The summed E-state index contributed by atoms with van der Waals surface area (Å²) in [5.41, 5.74) is 5.56. The van der Waals surface area contributed by atoms with Crippen molar-refractivity contribution < 1.29 is 9.21 Å². The third kappa shape index (κ3) is 5.36. The Morgan fingerprint density at radius 1 is 0.718 bits per heavy atom. The fourth-order valence-corrected chi connectivity index (χ4v) is 4.35. The number of hydrogen-bond acceptors (Lipinski definition) is 5. The number of para-hydroxylation sites is 1. The molecule has 0 spiro atoms. The Kier molecular flexibility index (Phi) is 6.74. The van der Waals surface area contributed by atoms with Gasteiger partial charge in [-0.2, -0.15) is 5.10 Å². The number of Topliss-reactive ketones (excluding diaryl/α,β-unsaturated/α-hetero) is 1. The Morgan fingerprint density at radius 2 is 1.31 bits per heavy atom. The van der Waals surface area contributed by atoms with Crippen LogP contribution in [0, 0.1) is 0 Å². The summed E-state index contributed by atoms with van der Waals surface area (Å²) in [7, 11) is 0. The third-order valence-corrected chi connectivity index (χ3v) is 6.31. The number of rotatable bonds is 8. The third-order valence-electron chi connectivity index (χ3n) is 6.31. The molecule has 6 aromatic rings. The highest BCUT2D eigenvalue weighted by molar-refractivity contribution is 6.04. The maximum absolute atomic E-state index is 13.3. The van der Waals surface area contributed by atoms with Gasteiger partial charge in [0.1, 0.15) is 0 Å². The van der Waals surface area contributed by atoms with Crippen LogP contribution in [-0.2, 0) is 0 Å². The highest BCUT2D eigenvalue weighted by Gasteiger charge is 2.19. The molecular formula is C33H24N4O2. The van der Waals surface area contributed by atoms with Crippen molar-refractivity contribution in [3.05, 3.63) is 145 Å². The Balaban J connectivity index is 1.47. The van der Waals surface area contributed by atoms with Gasteiger partial charge >= 0.3 is 0 Å². The quantitative estimate of drug-likeness (QED) is 0.200. The molecule has 0 radical (unpaired) electrons. The first kappa shape index (κ1) is 24.0. The van der Waals surface area contributed by atoms with Crippen molar-refractivity contribution in [2.75, 3.05) is 0 Å². The van der Waals surface area contributed by atoms with Gasteiger partial charge in [0.25, 0.3) is 0 Å². The first-order valence-electron chi connectivity index (χ1n) is 12.6. The topological polar surface area (TPSA) is 73.8 Å². The number of carbonyl (C=O) groups is 1. The zero-order valence-electron chi connectivity index (χ0n) is 21.0. The highest BCUT2D eigenvalue weighted by Crippen LogP contribution is 2.31. The molecular weight excluding hydrogens is 484 g/mol. The minimum atomic E-state index is -0.0435. The standard InChI is InChI=1S/C33H24N4O2/c38-30(24-13-5-1-6-14-24)22-27(33-35-34-32(39-33)26-17-9-3-10-18-26)21-28-23-37(29-19-11-4-12-20-29)36-31(28)25-15-7-2-8-16-25/h1-21,23H,22H2/b27-21+. The number of allylic oxidation sites excluding steroid dienone is 1. The SMILES string of the molecule is O=C(C/C(=C\c1cn(-c2ccccc2)nc1-c1ccccc1)c1nnc(-c2ccccc2)o1)c1ccccc1. The van der Waals surface area contributed by atoms with Crippen molar-refractivity contribution in [3.8, 4) is 28.4 Å². The molecule has 39 heavy (non-hydrogen) atoms. The molecule has 2 heterocycles. The van der Waals surface area contributed by atoms with Crippen molar-refractivity contribution >= 4 is 17.4 Å². The molecule has 188 valence electrons. The van der Waals surface area contributed by atoms with E-state index in [1.807, 2.05) is 138 Å². The van der Waals surface area contributed by atoms with Gasteiger partial charge in [-0.15, -0.1) is 10.2 Å². The van der Waals surface area contributed by atoms with Crippen LogP contribution in [0.1, 0.15) is 28.2 Å². The molecule has 0 atom stereocenters. The molecule has 0 bridgehead atoms. The van der Waals surface area contributed by atoms with E-state index in [2.05, 4.69) is 10.2 Å². The molecule has 4 aromatic carbocycles. The fraction of sp³-hybridized carbons (Fsp3) is 0.0303. The first-order chi connectivity index (χ1) is 19.2. The highest BCUT2D eigenvalue weighted by atomic mass is 16.4. The van der Waals surface area contributed by atoms with E-state index in [-0.39, 0.29) is 12.2 Å². The maximum Gasteiger partial charge on any atom is 0.248 e. The van der Waals surface area contributed by atoms with Crippen LogP contribution in [0.4, 0.5) is 0 Å². The van der Waals surface area contributed by atoms with E-state index in [1.165, 1.54) is 0 Å². The molecule has 6 heteroatoms. The Hall–Kier alpha value is -5.36. The molecule has 2 aromatic heterocycles. The second kappa shape index (κ2) is 10.9. The predicted octanol–water partition coefficient (Wildman–Crippen LogP) is 7.40. The number of carbonyl (C=O) groups excluding carboxylic acids is 1. The van der Waals surface area contributed by atoms with Crippen molar-refractivity contribution in [3.63, 3.8) is 0 Å². The van der Waals surface area contributed by atoms with Gasteiger partial charge in [-0.05, 0) is 30.3 Å². The normalized spacial score (nSPS) is 11.4. The first-order valence-corrected chi connectivity index (χ1v) is 12.6. The molecule has 0 aliphatic rings. The second-order valence-corrected chi connectivity index (χ2v) is 8.99. The van der Waals surface area contributed by atoms with Gasteiger partial charge in [0.2, 0.25) is 11.8 Å². The lowest BCUT2D eigenvalue weighted by molar-refractivity contribution is 0.0998. The molecule has 6 nitrogen and oxygen atoms in total. The Morgan fingerprint density at radius 3 is 1.97 bits per heavy atom. The summed E-state index contributed by atoms with van der Waals surface area (Å²) < 4.78 is 7.95. The maximum atomic E-state index is 13.3. The van der Waals surface area contributed by atoms with Crippen LogP contribution in [0.2, 0.25) is 0 Å². The number of nitrogens with zero attached hydrogens (tertiary/aromatic N) is 4. The van der Waals surface area contributed by atoms with Gasteiger partial charge < -0.3 is 4.42 Å². The largest absolute Gasteiger partial charge is 0.416 e. The van der Waals surface area contributed by atoms with Crippen molar-refractivity contribution in [2.24, 2.45) is 0 Å². The monoisotopic (exact) mass is 508 g/mol. The molecule has 0 aliphatic heterocycles. The van der Waals surface area contributed by atoms with E-state index < -0.39 is 0 Å². The molecule has 0 N–H and O–H groups in total. The lowest BCUT2D eigenvalue weighted by atomic mass is 10.00. The average molecular weight is 509 g/mol. The fourth-order valence-electron chi connectivity index (χ4n) is 4.35. The summed E-state index contributed by atoms with van der Waals surface area (Å²) in [5, 5.41) is 13.5. The van der Waals surface area contributed by atoms with Crippen LogP contribution in [0.5, 0.6) is 0 Å². The molecule has 0 aliphatic carbocycles.